The van der Waals surface area contributed by atoms with Gasteiger partial charge < -0.3 is 14.7 Å². The molecule has 2 heterocycles. The number of aryl methyl sites for hydroxylation is 1. The Kier molecular flexibility index (Phi) is 7.71. The van der Waals surface area contributed by atoms with Gasteiger partial charge in [-0.15, -0.1) is 0 Å². The van der Waals surface area contributed by atoms with E-state index in [-0.39, 0.29) is 11.8 Å². The second kappa shape index (κ2) is 10.7. The first-order valence-electron chi connectivity index (χ1n) is 12.8. The molecule has 0 atom stereocenters. The van der Waals surface area contributed by atoms with Gasteiger partial charge in [0.05, 0.1) is 11.3 Å². The average Bonchev–Trinajstić information content (AvgIpc) is 3.56. The van der Waals surface area contributed by atoms with Gasteiger partial charge in [0.15, 0.2) is 0 Å². The number of hydrogen-bond acceptors (Lipinski definition) is 4. The van der Waals surface area contributed by atoms with Crippen LogP contribution in [0.3, 0.4) is 0 Å². The third kappa shape index (κ3) is 5.69. The highest BCUT2D eigenvalue weighted by Gasteiger charge is 2.33. The van der Waals surface area contributed by atoms with Crippen LogP contribution in [-0.2, 0) is 17.9 Å². The van der Waals surface area contributed by atoms with Crippen molar-refractivity contribution in [2.24, 2.45) is 5.92 Å². The molecule has 1 aliphatic carbocycles. The maximum atomic E-state index is 14.0. The number of fused-ring (bicyclic) bond motifs is 1. The molecule has 2 aromatic rings. The zero-order valence-electron chi connectivity index (χ0n) is 21.2. The predicted molar refractivity (Wildman–Crippen MR) is 135 cm³/mol. The molecule has 34 heavy (non-hydrogen) atoms. The minimum Gasteiger partial charge on any atom is -0.333 e. The lowest BCUT2D eigenvalue weighted by molar-refractivity contribution is -0.116. The molecule has 0 spiro atoms. The normalized spacial score (nSPS) is 18.0. The summed E-state index contributed by atoms with van der Waals surface area (Å²) in [5, 5.41) is 4.74. The second-order valence-electron chi connectivity index (χ2n) is 10.1. The highest BCUT2D eigenvalue weighted by molar-refractivity contribution is 5.96. The fourth-order valence-electron chi connectivity index (χ4n) is 4.93. The van der Waals surface area contributed by atoms with Gasteiger partial charge in [0.25, 0.3) is 5.91 Å². The lowest BCUT2D eigenvalue weighted by Crippen LogP contribution is -2.40. The largest absolute Gasteiger partial charge is 0.333 e. The maximum absolute atomic E-state index is 14.0. The highest BCUT2D eigenvalue weighted by atomic mass is 16.2. The molecule has 1 aromatic heterocycles. The molecule has 7 heteroatoms. The summed E-state index contributed by atoms with van der Waals surface area (Å²) in [7, 11) is 0. The van der Waals surface area contributed by atoms with Crippen LogP contribution in [0.2, 0.25) is 0 Å². The summed E-state index contributed by atoms with van der Waals surface area (Å²) in [6, 6.07) is 8.03. The van der Waals surface area contributed by atoms with Crippen molar-refractivity contribution in [2.45, 2.75) is 66.0 Å². The Balaban J connectivity index is 1.69. The van der Waals surface area contributed by atoms with E-state index < -0.39 is 0 Å². The second-order valence-corrected chi connectivity index (χ2v) is 10.1. The van der Waals surface area contributed by atoms with Gasteiger partial charge in [0, 0.05) is 64.0 Å². The van der Waals surface area contributed by atoms with Crippen molar-refractivity contribution in [3.05, 3.63) is 47.3 Å². The van der Waals surface area contributed by atoms with Crippen LogP contribution in [0, 0.1) is 5.92 Å². The summed E-state index contributed by atoms with van der Waals surface area (Å²) >= 11 is 0. The first-order chi connectivity index (χ1) is 16.4. The molecule has 184 valence electrons. The molecule has 1 aliphatic heterocycles. The fourth-order valence-corrected chi connectivity index (χ4v) is 4.93. The SMILES string of the molecule is CCn1cc(C(=O)N2CCN(CC(C)C)CCCN(C(C)=O)c3ccccc3C2)c(C2CC2)n1. The molecule has 4 rings (SSSR count). The van der Waals surface area contributed by atoms with Crippen molar-refractivity contribution in [2.75, 3.05) is 37.6 Å². The number of carbonyl (C=O) groups excluding carboxylic acids is 2. The van der Waals surface area contributed by atoms with Crippen molar-refractivity contribution in [3.63, 3.8) is 0 Å². The van der Waals surface area contributed by atoms with Gasteiger partial charge in [0.2, 0.25) is 5.91 Å². The van der Waals surface area contributed by atoms with E-state index in [1.165, 1.54) is 0 Å². The van der Waals surface area contributed by atoms with Crippen LogP contribution in [0.25, 0.3) is 0 Å². The summed E-state index contributed by atoms with van der Waals surface area (Å²) in [5.41, 5.74) is 3.63. The number of carbonyl (C=O) groups is 2. The molecule has 1 saturated carbocycles. The first kappa shape index (κ1) is 24.5. The monoisotopic (exact) mass is 465 g/mol. The molecule has 0 bridgehead atoms. The number of amides is 2. The molecule has 1 aromatic carbocycles. The Bertz CT molecular complexity index is 1010. The smallest absolute Gasteiger partial charge is 0.257 e. The summed E-state index contributed by atoms with van der Waals surface area (Å²) in [6.07, 6.45) is 5.06. The van der Waals surface area contributed by atoms with Gasteiger partial charge in [-0.25, -0.2) is 0 Å². The van der Waals surface area contributed by atoms with Gasteiger partial charge in [-0.2, -0.15) is 5.10 Å². The molecular weight excluding hydrogens is 426 g/mol. The Hall–Kier alpha value is -2.67. The Labute approximate surface area is 203 Å². The van der Waals surface area contributed by atoms with Crippen LogP contribution in [0.5, 0.6) is 0 Å². The molecule has 2 amide bonds. The summed E-state index contributed by atoms with van der Waals surface area (Å²) in [6.45, 7) is 13.4. The van der Waals surface area contributed by atoms with Crippen LogP contribution < -0.4 is 4.90 Å². The standard InChI is InChI=1S/C27H39N5O2/c1-5-31-19-24(26(28-31)22-11-12-22)27(34)30-16-15-29(17-20(2)3)13-8-14-32(21(4)33)25-10-7-6-9-23(25)18-30/h6-7,9-10,19-20,22H,5,8,11-18H2,1-4H3. The van der Waals surface area contributed by atoms with Crippen molar-refractivity contribution in [1.82, 2.24) is 19.6 Å². The van der Waals surface area contributed by atoms with E-state index in [0.717, 1.165) is 67.9 Å². The van der Waals surface area contributed by atoms with E-state index in [9.17, 15) is 9.59 Å². The van der Waals surface area contributed by atoms with Crippen LogP contribution in [0.15, 0.2) is 30.5 Å². The Morgan fingerprint density at radius 1 is 1.09 bits per heavy atom. The number of nitrogens with zero attached hydrogens (tertiary/aromatic N) is 5. The van der Waals surface area contributed by atoms with Gasteiger partial charge in [0.1, 0.15) is 0 Å². The van der Waals surface area contributed by atoms with Crippen LogP contribution in [0.1, 0.15) is 74.5 Å². The molecule has 0 saturated heterocycles. The van der Waals surface area contributed by atoms with E-state index in [0.29, 0.717) is 31.5 Å². The van der Waals surface area contributed by atoms with Crippen LogP contribution >= 0.6 is 0 Å². The topological polar surface area (TPSA) is 61.7 Å². The molecule has 0 radical (unpaired) electrons. The summed E-state index contributed by atoms with van der Waals surface area (Å²) in [4.78, 5) is 32.8. The number of para-hydroxylation sites is 1. The van der Waals surface area contributed by atoms with Crippen LogP contribution in [-0.4, -0.2) is 64.1 Å². The zero-order chi connectivity index (χ0) is 24.2. The third-order valence-electron chi connectivity index (χ3n) is 6.79. The van der Waals surface area contributed by atoms with Crippen LogP contribution in [0.4, 0.5) is 5.69 Å². The zero-order valence-corrected chi connectivity index (χ0v) is 21.2. The first-order valence-corrected chi connectivity index (χ1v) is 12.8. The lowest BCUT2D eigenvalue weighted by atomic mass is 10.1. The van der Waals surface area contributed by atoms with E-state index >= 15 is 0 Å². The minimum atomic E-state index is 0.0419. The lowest BCUT2D eigenvalue weighted by Gasteiger charge is -2.28. The van der Waals surface area contributed by atoms with Gasteiger partial charge in [-0.3, -0.25) is 14.3 Å². The van der Waals surface area contributed by atoms with E-state index in [1.54, 1.807) is 6.92 Å². The number of benzene rings is 1. The third-order valence-corrected chi connectivity index (χ3v) is 6.79. The summed E-state index contributed by atoms with van der Waals surface area (Å²) < 4.78 is 1.89. The highest BCUT2D eigenvalue weighted by Crippen LogP contribution is 2.41. The minimum absolute atomic E-state index is 0.0419. The van der Waals surface area contributed by atoms with Gasteiger partial charge in [-0.05, 0) is 50.3 Å². The predicted octanol–water partition coefficient (Wildman–Crippen LogP) is 4.14. The Morgan fingerprint density at radius 2 is 1.85 bits per heavy atom. The van der Waals surface area contributed by atoms with Crippen molar-refractivity contribution in [1.29, 1.82) is 0 Å². The quantitative estimate of drug-likeness (QED) is 0.666. The number of aromatic nitrogens is 2. The molecule has 0 unspecified atom stereocenters. The van der Waals surface area contributed by atoms with E-state index in [4.69, 9.17) is 5.10 Å². The summed E-state index contributed by atoms with van der Waals surface area (Å²) in [5.74, 6) is 1.04. The van der Waals surface area contributed by atoms with Crippen molar-refractivity contribution >= 4 is 17.5 Å². The van der Waals surface area contributed by atoms with Gasteiger partial charge >= 0.3 is 0 Å². The number of hydrogen-bond donors (Lipinski definition) is 0. The Morgan fingerprint density at radius 3 is 2.53 bits per heavy atom. The molecule has 7 nitrogen and oxygen atoms in total. The molecule has 1 fully saturated rings. The van der Waals surface area contributed by atoms with E-state index in [2.05, 4.69) is 25.7 Å². The molecule has 2 aliphatic rings. The fraction of sp³-hybridized carbons (Fsp3) is 0.593. The van der Waals surface area contributed by atoms with Crippen molar-refractivity contribution in [3.8, 4) is 0 Å². The number of rotatable bonds is 5. The molecular formula is C27H39N5O2. The van der Waals surface area contributed by atoms with E-state index in [1.807, 2.05) is 44.9 Å². The average molecular weight is 466 g/mol. The van der Waals surface area contributed by atoms with Crippen molar-refractivity contribution < 1.29 is 9.59 Å². The van der Waals surface area contributed by atoms with Gasteiger partial charge in [-0.1, -0.05) is 32.0 Å². The maximum Gasteiger partial charge on any atom is 0.257 e. The number of anilines is 1. The molecule has 0 N–H and O–H groups in total.